The van der Waals surface area contributed by atoms with Gasteiger partial charge in [0.25, 0.3) is 0 Å². The first-order valence-corrected chi connectivity index (χ1v) is 6.59. The van der Waals surface area contributed by atoms with Crippen molar-refractivity contribution in [2.75, 3.05) is 25.1 Å². The maximum absolute atomic E-state index is 5.37. The lowest BCUT2D eigenvalue weighted by atomic mass is 10.1. The van der Waals surface area contributed by atoms with Crippen LogP contribution in [0.15, 0.2) is 30.6 Å². The van der Waals surface area contributed by atoms with Gasteiger partial charge in [0, 0.05) is 37.4 Å². The summed E-state index contributed by atoms with van der Waals surface area (Å²) in [5.74, 6) is 1.52. The second kappa shape index (κ2) is 5.40. The van der Waals surface area contributed by atoms with E-state index in [0.717, 1.165) is 43.3 Å². The van der Waals surface area contributed by atoms with Gasteiger partial charge in [0.05, 0.1) is 6.61 Å². The lowest BCUT2D eigenvalue weighted by Crippen LogP contribution is -2.13. The van der Waals surface area contributed by atoms with Crippen LogP contribution in [0, 0.1) is 5.92 Å². The van der Waals surface area contributed by atoms with Crippen LogP contribution < -0.4 is 5.32 Å². The zero-order chi connectivity index (χ0) is 13.1. The van der Waals surface area contributed by atoms with Gasteiger partial charge in [-0.05, 0) is 30.7 Å². The molecule has 1 fully saturated rings. The van der Waals surface area contributed by atoms with E-state index in [-0.39, 0.29) is 0 Å². The van der Waals surface area contributed by atoms with E-state index < -0.39 is 0 Å². The molecule has 5 nitrogen and oxygen atoms in total. The number of aryl methyl sites for hydroxylation is 1. The number of rotatable bonds is 4. The van der Waals surface area contributed by atoms with Crippen LogP contribution in [-0.4, -0.2) is 34.5 Å². The normalized spacial score (nSPS) is 18.7. The van der Waals surface area contributed by atoms with Crippen molar-refractivity contribution < 1.29 is 4.74 Å². The van der Waals surface area contributed by atoms with Crippen LogP contribution >= 0.6 is 0 Å². The van der Waals surface area contributed by atoms with E-state index in [2.05, 4.69) is 39.8 Å². The van der Waals surface area contributed by atoms with Crippen molar-refractivity contribution in [3.05, 3.63) is 30.6 Å². The van der Waals surface area contributed by atoms with Crippen LogP contribution in [0.3, 0.4) is 0 Å². The molecule has 3 rings (SSSR count). The van der Waals surface area contributed by atoms with Gasteiger partial charge in [-0.15, -0.1) is 10.2 Å². The summed E-state index contributed by atoms with van der Waals surface area (Å²) >= 11 is 0. The molecule has 19 heavy (non-hydrogen) atoms. The van der Waals surface area contributed by atoms with Crippen LogP contribution in [0.1, 0.15) is 6.42 Å². The van der Waals surface area contributed by atoms with Crippen LogP contribution in [-0.2, 0) is 11.8 Å². The molecule has 5 heteroatoms. The average molecular weight is 258 g/mol. The smallest absolute Gasteiger partial charge is 0.163 e. The molecule has 1 aliphatic rings. The Morgan fingerprint density at radius 3 is 2.84 bits per heavy atom. The maximum Gasteiger partial charge on any atom is 0.163 e. The number of nitrogens with zero attached hydrogens (tertiary/aromatic N) is 3. The van der Waals surface area contributed by atoms with E-state index in [1.54, 1.807) is 6.33 Å². The summed E-state index contributed by atoms with van der Waals surface area (Å²) in [4.78, 5) is 0. The molecule has 1 aliphatic heterocycles. The van der Waals surface area contributed by atoms with Gasteiger partial charge in [0.15, 0.2) is 5.82 Å². The number of anilines is 1. The molecule has 1 atom stereocenters. The monoisotopic (exact) mass is 258 g/mol. The highest BCUT2D eigenvalue weighted by Gasteiger charge is 2.14. The van der Waals surface area contributed by atoms with Gasteiger partial charge in [-0.2, -0.15) is 0 Å². The first kappa shape index (κ1) is 12.2. The van der Waals surface area contributed by atoms with Crippen LogP contribution in [0.25, 0.3) is 11.4 Å². The first-order valence-electron chi connectivity index (χ1n) is 6.59. The maximum atomic E-state index is 5.37. The van der Waals surface area contributed by atoms with Crippen molar-refractivity contribution in [3.8, 4) is 11.4 Å². The van der Waals surface area contributed by atoms with E-state index in [9.17, 15) is 0 Å². The summed E-state index contributed by atoms with van der Waals surface area (Å²) in [6.07, 6.45) is 2.87. The van der Waals surface area contributed by atoms with Gasteiger partial charge in [-0.1, -0.05) is 0 Å². The number of nitrogens with one attached hydrogen (secondary N) is 1. The minimum Gasteiger partial charge on any atom is -0.385 e. The lowest BCUT2D eigenvalue weighted by Gasteiger charge is -2.11. The van der Waals surface area contributed by atoms with Gasteiger partial charge in [-0.25, -0.2) is 0 Å². The third-order valence-electron chi connectivity index (χ3n) is 3.47. The molecule has 100 valence electrons. The molecule has 1 aromatic carbocycles. The zero-order valence-corrected chi connectivity index (χ0v) is 11.0. The van der Waals surface area contributed by atoms with E-state index in [0.29, 0.717) is 5.92 Å². The summed E-state index contributed by atoms with van der Waals surface area (Å²) in [7, 11) is 1.95. The Morgan fingerprint density at radius 2 is 2.21 bits per heavy atom. The highest BCUT2D eigenvalue weighted by atomic mass is 16.5. The molecule has 1 aromatic heterocycles. The Balaban J connectivity index is 1.64. The third-order valence-corrected chi connectivity index (χ3v) is 3.47. The van der Waals surface area contributed by atoms with Gasteiger partial charge >= 0.3 is 0 Å². The molecule has 2 aromatic rings. The quantitative estimate of drug-likeness (QED) is 0.910. The molecular formula is C14H18N4O. The Hall–Kier alpha value is -1.88. The number of aromatic nitrogens is 3. The molecule has 0 aliphatic carbocycles. The average Bonchev–Trinajstić information content (AvgIpc) is 3.08. The fraction of sp³-hybridized carbons (Fsp3) is 0.429. The van der Waals surface area contributed by atoms with Crippen molar-refractivity contribution >= 4 is 5.69 Å². The first-order chi connectivity index (χ1) is 9.33. The van der Waals surface area contributed by atoms with Crippen LogP contribution in [0.4, 0.5) is 5.69 Å². The molecule has 0 saturated carbocycles. The van der Waals surface area contributed by atoms with Crippen molar-refractivity contribution in [3.63, 3.8) is 0 Å². The predicted molar refractivity (Wildman–Crippen MR) is 73.9 cm³/mol. The fourth-order valence-corrected chi connectivity index (χ4v) is 2.29. The molecule has 2 heterocycles. The van der Waals surface area contributed by atoms with Crippen molar-refractivity contribution in [1.82, 2.24) is 14.8 Å². The molecule has 1 N–H and O–H groups in total. The predicted octanol–water partition coefficient (Wildman–Crippen LogP) is 1.93. The summed E-state index contributed by atoms with van der Waals surface area (Å²) < 4.78 is 7.28. The van der Waals surface area contributed by atoms with E-state index >= 15 is 0 Å². The highest BCUT2D eigenvalue weighted by Crippen LogP contribution is 2.19. The van der Waals surface area contributed by atoms with Crippen molar-refractivity contribution in [1.29, 1.82) is 0 Å². The number of hydrogen-bond donors (Lipinski definition) is 1. The zero-order valence-electron chi connectivity index (χ0n) is 11.0. The number of benzene rings is 1. The number of ether oxygens (including phenoxy) is 1. The summed E-state index contributed by atoms with van der Waals surface area (Å²) in [6, 6.07) is 8.30. The molecule has 1 saturated heterocycles. The molecule has 0 radical (unpaired) electrons. The minimum absolute atomic E-state index is 0.637. The van der Waals surface area contributed by atoms with E-state index in [4.69, 9.17) is 4.74 Å². The number of hydrogen-bond acceptors (Lipinski definition) is 4. The Morgan fingerprint density at radius 1 is 1.37 bits per heavy atom. The molecule has 0 amide bonds. The lowest BCUT2D eigenvalue weighted by molar-refractivity contribution is 0.187. The summed E-state index contributed by atoms with van der Waals surface area (Å²) in [5, 5.41) is 11.4. The van der Waals surface area contributed by atoms with Crippen molar-refractivity contribution in [2.45, 2.75) is 6.42 Å². The standard InChI is InChI=1S/C14H18N4O/c1-18-10-16-17-14(18)12-2-4-13(5-3-12)15-8-11-6-7-19-9-11/h2-5,10-11,15H,6-9H2,1H3. The third kappa shape index (κ3) is 2.76. The van der Waals surface area contributed by atoms with Crippen LogP contribution in [0.5, 0.6) is 0 Å². The molecule has 0 spiro atoms. The Bertz CT molecular complexity index is 529. The summed E-state index contributed by atoms with van der Waals surface area (Å²) in [6.45, 7) is 2.75. The Kier molecular flexibility index (Phi) is 3.46. The fourth-order valence-electron chi connectivity index (χ4n) is 2.29. The van der Waals surface area contributed by atoms with Gasteiger partial charge < -0.3 is 14.6 Å². The van der Waals surface area contributed by atoms with Gasteiger partial charge in [0.1, 0.15) is 6.33 Å². The highest BCUT2D eigenvalue weighted by molar-refractivity contribution is 5.59. The Labute approximate surface area is 112 Å². The SMILES string of the molecule is Cn1cnnc1-c1ccc(NCC2CCOC2)cc1. The van der Waals surface area contributed by atoms with E-state index in [1.807, 2.05) is 11.6 Å². The van der Waals surface area contributed by atoms with E-state index in [1.165, 1.54) is 0 Å². The summed E-state index contributed by atoms with van der Waals surface area (Å²) in [5.41, 5.74) is 2.22. The second-order valence-electron chi connectivity index (χ2n) is 4.95. The topological polar surface area (TPSA) is 52.0 Å². The van der Waals surface area contributed by atoms with Crippen molar-refractivity contribution in [2.24, 2.45) is 13.0 Å². The molecular weight excluding hydrogens is 240 g/mol. The minimum atomic E-state index is 0.637. The second-order valence-corrected chi connectivity index (χ2v) is 4.95. The largest absolute Gasteiger partial charge is 0.385 e. The molecule has 1 unspecified atom stereocenters. The molecule has 0 bridgehead atoms. The van der Waals surface area contributed by atoms with Gasteiger partial charge in [-0.3, -0.25) is 0 Å². The van der Waals surface area contributed by atoms with Gasteiger partial charge in [0.2, 0.25) is 0 Å². The van der Waals surface area contributed by atoms with Crippen LogP contribution in [0.2, 0.25) is 0 Å².